The predicted molar refractivity (Wildman–Crippen MR) is 66.5 cm³/mol. The molecule has 1 aliphatic heterocycles. The van der Waals surface area contributed by atoms with E-state index in [0.29, 0.717) is 0 Å². The van der Waals surface area contributed by atoms with Gasteiger partial charge in [0.05, 0.1) is 12.1 Å². The van der Waals surface area contributed by atoms with E-state index in [1.165, 1.54) is 0 Å². The van der Waals surface area contributed by atoms with Gasteiger partial charge in [-0.2, -0.15) is 5.26 Å². The number of carbonyl (C=O) groups is 1. The van der Waals surface area contributed by atoms with E-state index in [0.717, 1.165) is 39.0 Å². The van der Waals surface area contributed by atoms with Crippen molar-refractivity contribution in [3.8, 4) is 6.07 Å². The zero-order valence-electron chi connectivity index (χ0n) is 11.0. The summed E-state index contributed by atoms with van der Waals surface area (Å²) in [5.74, 6) is 0. The van der Waals surface area contributed by atoms with E-state index < -0.39 is 0 Å². The number of piperazine rings is 1. The molecule has 1 saturated heterocycles. The summed E-state index contributed by atoms with van der Waals surface area (Å²) in [4.78, 5) is 17.4. The number of rotatable bonds is 3. The minimum atomic E-state index is 0.0107. The van der Waals surface area contributed by atoms with Crippen LogP contribution in [0.15, 0.2) is 0 Å². The summed E-state index contributed by atoms with van der Waals surface area (Å²) in [5, 5.41) is 9.09. The van der Waals surface area contributed by atoms with Gasteiger partial charge in [-0.05, 0) is 6.42 Å². The highest BCUT2D eigenvalue weighted by molar-refractivity contribution is 5.73. The van der Waals surface area contributed by atoms with Crippen LogP contribution in [-0.4, -0.2) is 67.0 Å². The molecule has 1 rings (SSSR count). The quantitative estimate of drug-likeness (QED) is 0.736. The molecule has 1 fully saturated rings. The van der Waals surface area contributed by atoms with Crippen molar-refractivity contribution in [2.24, 2.45) is 0 Å². The second kappa shape index (κ2) is 6.45. The molecule has 0 radical (unpaired) electrons. The molecule has 5 nitrogen and oxygen atoms in total. The summed E-state index contributed by atoms with van der Waals surface area (Å²) in [5.41, 5.74) is 0. The van der Waals surface area contributed by atoms with Crippen molar-refractivity contribution >= 4 is 6.03 Å². The van der Waals surface area contributed by atoms with Gasteiger partial charge >= 0.3 is 6.03 Å². The highest BCUT2D eigenvalue weighted by atomic mass is 16.2. The number of hydrogen-bond donors (Lipinski definition) is 0. The lowest BCUT2D eigenvalue weighted by Gasteiger charge is -2.37. The molecule has 0 aliphatic carbocycles. The summed E-state index contributed by atoms with van der Waals surface area (Å²) in [7, 11) is 3.54. The number of amides is 2. The molecule has 0 aromatic rings. The number of carbonyl (C=O) groups excluding carboxylic acids is 1. The van der Waals surface area contributed by atoms with Crippen molar-refractivity contribution in [3.63, 3.8) is 0 Å². The van der Waals surface area contributed by atoms with Crippen molar-refractivity contribution in [1.29, 1.82) is 5.26 Å². The van der Waals surface area contributed by atoms with Gasteiger partial charge in [-0.1, -0.05) is 13.3 Å². The maximum atomic E-state index is 11.7. The molecular weight excluding hydrogens is 216 g/mol. The van der Waals surface area contributed by atoms with Crippen molar-refractivity contribution < 1.29 is 4.79 Å². The fourth-order valence-corrected chi connectivity index (χ4v) is 2.11. The lowest BCUT2D eigenvalue weighted by molar-refractivity contribution is 0.109. The minimum Gasteiger partial charge on any atom is -0.331 e. The average Bonchev–Trinajstić information content (AvgIpc) is 2.35. The average molecular weight is 238 g/mol. The summed E-state index contributed by atoms with van der Waals surface area (Å²) >= 11 is 0. The minimum absolute atomic E-state index is 0.0107. The molecule has 1 atom stereocenters. The van der Waals surface area contributed by atoms with E-state index in [1.807, 2.05) is 4.90 Å². The predicted octanol–water partition coefficient (Wildman–Crippen LogP) is 0.978. The molecule has 0 N–H and O–H groups in total. The normalized spacial score (nSPS) is 18.6. The standard InChI is InChI=1S/C12H22N4O/c1-4-5-11(10-13)15-6-8-16(9-7-15)12(17)14(2)3/h11H,4-9H2,1-3H3. The Labute approximate surface area is 104 Å². The van der Waals surface area contributed by atoms with E-state index >= 15 is 0 Å². The molecule has 2 amide bonds. The first kappa shape index (κ1) is 13.8. The van der Waals surface area contributed by atoms with Crippen molar-refractivity contribution in [2.75, 3.05) is 40.3 Å². The Kier molecular flexibility index (Phi) is 5.23. The van der Waals surface area contributed by atoms with Gasteiger partial charge < -0.3 is 9.80 Å². The Morgan fingerprint density at radius 3 is 2.35 bits per heavy atom. The molecule has 0 spiro atoms. The fraction of sp³-hybridized carbons (Fsp3) is 0.833. The SMILES string of the molecule is CCCC(C#N)N1CCN(C(=O)N(C)C)CC1. The Hall–Kier alpha value is -1.28. The van der Waals surface area contributed by atoms with Crippen LogP contribution in [-0.2, 0) is 0 Å². The van der Waals surface area contributed by atoms with Crippen LogP contribution in [0, 0.1) is 11.3 Å². The van der Waals surface area contributed by atoms with E-state index in [9.17, 15) is 4.79 Å². The largest absolute Gasteiger partial charge is 0.331 e. The number of nitrogens with zero attached hydrogens (tertiary/aromatic N) is 4. The van der Waals surface area contributed by atoms with Crippen LogP contribution in [0.3, 0.4) is 0 Å². The van der Waals surface area contributed by atoms with Crippen molar-refractivity contribution in [3.05, 3.63) is 0 Å². The molecule has 1 unspecified atom stereocenters. The Balaban J connectivity index is 2.45. The first-order valence-corrected chi connectivity index (χ1v) is 6.20. The maximum Gasteiger partial charge on any atom is 0.319 e. The first-order valence-electron chi connectivity index (χ1n) is 6.20. The number of nitriles is 1. The van der Waals surface area contributed by atoms with Gasteiger partial charge in [0.15, 0.2) is 0 Å². The van der Waals surface area contributed by atoms with Gasteiger partial charge in [0.25, 0.3) is 0 Å². The third-order valence-electron chi connectivity index (χ3n) is 3.12. The third kappa shape index (κ3) is 3.60. The van der Waals surface area contributed by atoms with Gasteiger partial charge in [-0.25, -0.2) is 4.79 Å². The topological polar surface area (TPSA) is 50.6 Å². The summed E-state index contributed by atoms with van der Waals surface area (Å²) in [6, 6.07) is 2.43. The first-order chi connectivity index (χ1) is 8.10. The van der Waals surface area contributed by atoms with Crippen LogP contribution in [0.2, 0.25) is 0 Å². The van der Waals surface area contributed by atoms with Gasteiger partial charge in [-0.3, -0.25) is 4.90 Å². The van der Waals surface area contributed by atoms with E-state index in [4.69, 9.17) is 5.26 Å². The molecular formula is C12H22N4O. The molecule has 17 heavy (non-hydrogen) atoms. The third-order valence-corrected chi connectivity index (χ3v) is 3.12. The monoisotopic (exact) mass is 238 g/mol. The van der Waals surface area contributed by atoms with Crippen LogP contribution < -0.4 is 0 Å². The van der Waals surface area contributed by atoms with Crippen LogP contribution in [0.1, 0.15) is 19.8 Å². The van der Waals surface area contributed by atoms with Crippen LogP contribution >= 0.6 is 0 Å². The molecule has 5 heteroatoms. The van der Waals surface area contributed by atoms with Crippen molar-refractivity contribution in [2.45, 2.75) is 25.8 Å². The molecule has 1 heterocycles. The molecule has 96 valence electrons. The molecule has 0 aromatic heterocycles. The smallest absolute Gasteiger partial charge is 0.319 e. The van der Waals surface area contributed by atoms with Gasteiger partial charge in [0, 0.05) is 40.3 Å². The van der Waals surface area contributed by atoms with E-state index in [2.05, 4.69) is 17.9 Å². The highest BCUT2D eigenvalue weighted by Gasteiger charge is 2.26. The van der Waals surface area contributed by atoms with Crippen LogP contribution in [0.4, 0.5) is 4.79 Å². The lowest BCUT2D eigenvalue weighted by atomic mass is 10.1. The zero-order chi connectivity index (χ0) is 12.8. The number of hydrogen-bond acceptors (Lipinski definition) is 3. The van der Waals surface area contributed by atoms with Crippen molar-refractivity contribution in [1.82, 2.24) is 14.7 Å². The Morgan fingerprint density at radius 1 is 1.35 bits per heavy atom. The number of urea groups is 1. The molecule has 0 saturated carbocycles. The highest BCUT2D eigenvalue weighted by Crippen LogP contribution is 2.11. The summed E-state index contributed by atoms with van der Waals surface area (Å²) < 4.78 is 0. The van der Waals surface area contributed by atoms with Gasteiger partial charge in [0.2, 0.25) is 0 Å². The molecule has 0 aromatic carbocycles. The van der Waals surface area contributed by atoms with Gasteiger partial charge in [-0.15, -0.1) is 0 Å². The maximum absolute atomic E-state index is 11.7. The summed E-state index contributed by atoms with van der Waals surface area (Å²) in [6.07, 6.45) is 1.94. The molecule has 1 aliphatic rings. The van der Waals surface area contributed by atoms with E-state index in [1.54, 1.807) is 19.0 Å². The lowest BCUT2D eigenvalue weighted by Crippen LogP contribution is -2.53. The van der Waals surface area contributed by atoms with Gasteiger partial charge in [0.1, 0.15) is 0 Å². The molecule has 0 bridgehead atoms. The summed E-state index contributed by atoms with van der Waals surface area (Å²) in [6.45, 7) is 5.14. The fourth-order valence-electron chi connectivity index (χ4n) is 2.11. The van der Waals surface area contributed by atoms with Crippen LogP contribution in [0.5, 0.6) is 0 Å². The second-order valence-corrected chi connectivity index (χ2v) is 4.63. The van der Waals surface area contributed by atoms with E-state index in [-0.39, 0.29) is 12.1 Å². The van der Waals surface area contributed by atoms with Crippen LogP contribution in [0.25, 0.3) is 0 Å². The zero-order valence-corrected chi connectivity index (χ0v) is 11.0. The Bertz CT molecular complexity index is 289. The Morgan fingerprint density at radius 2 is 1.94 bits per heavy atom. The second-order valence-electron chi connectivity index (χ2n) is 4.63.